The van der Waals surface area contributed by atoms with Crippen LogP contribution in [0.15, 0.2) is 60.8 Å². The van der Waals surface area contributed by atoms with E-state index in [4.69, 9.17) is 21.6 Å². The first-order valence-corrected chi connectivity index (χ1v) is 8.10. The van der Waals surface area contributed by atoms with Crippen LogP contribution in [0.25, 0.3) is 11.1 Å². The van der Waals surface area contributed by atoms with Crippen LogP contribution in [-0.2, 0) is 6.54 Å². The molecule has 2 aromatic carbocycles. The molecule has 124 valence electrons. The molecule has 3 aromatic rings. The molecule has 0 aliphatic rings. The van der Waals surface area contributed by atoms with E-state index in [1.54, 1.807) is 25.4 Å². The minimum absolute atomic E-state index is 0.542. The third kappa shape index (κ3) is 4.09. The van der Waals surface area contributed by atoms with Gasteiger partial charge in [0.2, 0.25) is 0 Å². The van der Waals surface area contributed by atoms with Crippen LogP contribution in [-0.4, -0.2) is 12.1 Å². The van der Waals surface area contributed by atoms with Crippen LogP contribution in [0.5, 0.6) is 5.75 Å². The molecule has 1 N–H and O–H groups in total. The molecule has 1 heterocycles. The third-order valence-corrected chi connectivity index (χ3v) is 4.11. The number of methoxy groups -OCH3 is 1. The van der Waals surface area contributed by atoms with Gasteiger partial charge in [-0.1, -0.05) is 29.8 Å². The molecule has 0 radical (unpaired) electrons. The highest BCUT2D eigenvalue weighted by atomic mass is 35.5. The summed E-state index contributed by atoms with van der Waals surface area (Å²) in [6.45, 7) is 0.654. The van der Waals surface area contributed by atoms with Crippen molar-refractivity contribution in [3.05, 3.63) is 76.9 Å². The van der Waals surface area contributed by atoms with E-state index < -0.39 is 0 Å². The minimum atomic E-state index is 0.542. The summed E-state index contributed by atoms with van der Waals surface area (Å²) in [5.74, 6) is 1.59. The zero-order chi connectivity index (χ0) is 17.6. The van der Waals surface area contributed by atoms with Gasteiger partial charge in [0, 0.05) is 23.3 Å². The lowest BCUT2D eigenvalue weighted by Gasteiger charge is -2.09. The maximum absolute atomic E-state index is 8.94. The highest BCUT2D eigenvalue weighted by molar-refractivity contribution is 6.33. The van der Waals surface area contributed by atoms with Crippen LogP contribution in [0.2, 0.25) is 5.02 Å². The average Bonchev–Trinajstić information content (AvgIpc) is 2.67. The first-order valence-electron chi connectivity index (χ1n) is 7.72. The van der Waals surface area contributed by atoms with Gasteiger partial charge in [-0.15, -0.1) is 0 Å². The van der Waals surface area contributed by atoms with Crippen LogP contribution in [0.4, 0.5) is 5.82 Å². The molecular weight excluding hydrogens is 334 g/mol. The molecule has 0 atom stereocenters. The topological polar surface area (TPSA) is 57.9 Å². The molecular formula is C20H16ClN3O. The van der Waals surface area contributed by atoms with E-state index in [1.165, 1.54) is 0 Å². The van der Waals surface area contributed by atoms with Crippen molar-refractivity contribution in [3.8, 4) is 22.9 Å². The summed E-state index contributed by atoms with van der Waals surface area (Å²) in [6.07, 6.45) is 1.74. The van der Waals surface area contributed by atoms with E-state index in [0.29, 0.717) is 17.1 Å². The standard InChI is InChI=1S/C20H16ClN3O/c1-25-17-5-2-14(3-6-17)13-24-20-11-16(8-9-23-20)18-7-4-15(12-22)10-19(18)21/h2-11H,13H2,1H3,(H,23,24). The van der Waals surface area contributed by atoms with E-state index in [1.807, 2.05) is 42.5 Å². The molecule has 0 saturated carbocycles. The maximum Gasteiger partial charge on any atom is 0.126 e. The molecule has 0 aliphatic carbocycles. The Balaban J connectivity index is 1.76. The molecule has 0 unspecified atom stereocenters. The van der Waals surface area contributed by atoms with Crippen LogP contribution >= 0.6 is 11.6 Å². The van der Waals surface area contributed by atoms with Gasteiger partial charge in [-0.25, -0.2) is 4.98 Å². The first kappa shape index (κ1) is 16.8. The molecule has 3 rings (SSSR count). The molecule has 0 spiro atoms. The Bertz CT molecular complexity index is 917. The Kier molecular flexibility index (Phi) is 5.17. The van der Waals surface area contributed by atoms with Crippen molar-refractivity contribution in [1.82, 2.24) is 4.98 Å². The Morgan fingerprint density at radius 3 is 2.60 bits per heavy atom. The Hall–Kier alpha value is -3.03. The van der Waals surface area contributed by atoms with Gasteiger partial charge in [0.25, 0.3) is 0 Å². The van der Waals surface area contributed by atoms with Crippen LogP contribution in [0.3, 0.4) is 0 Å². The van der Waals surface area contributed by atoms with Crippen molar-refractivity contribution in [1.29, 1.82) is 5.26 Å². The zero-order valence-electron chi connectivity index (χ0n) is 13.7. The summed E-state index contributed by atoms with van der Waals surface area (Å²) >= 11 is 6.29. The lowest BCUT2D eigenvalue weighted by atomic mass is 10.0. The fraction of sp³-hybridized carbons (Fsp3) is 0.100. The molecule has 0 aliphatic heterocycles. The van der Waals surface area contributed by atoms with Crippen LogP contribution < -0.4 is 10.1 Å². The Morgan fingerprint density at radius 2 is 1.92 bits per heavy atom. The number of ether oxygens (including phenoxy) is 1. The fourth-order valence-corrected chi connectivity index (χ4v) is 2.74. The first-order chi connectivity index (χ1) is 12.2. The Morgan fingerprint density at radius 1 is 1.12 bits per heavy atom. The number of hydrogen-bond acceptors (Lipinski definition) is 4. The van der Waals surface area contributed by atoms with Gasteiger partial charge in [0.15, 0.2) is 0 Å². The molecule has 25 heavy (non-hydrogen) atoms. The van der Waals surface area contributed by atoms with Crippen molar-refractivity contribution < 1.29 is 4.74 Å². The van der Waals surface area contributed by atoms with Crippen LogP contribution in [0, 0.1) is 11.3 Å². The number of halogens is 1. The summed E-state index contributed by atoms with van der Waals surface area (Å²) in [4.78, 5) is 4.35. The summed E-state index contributed by atoms with van der Waals surface area (Å²) in [5.41, 5.74) is 3.49. The zero-order valence-corrected chi connectivity index (χ0v) is 14.4. The highest BCUT2D eigenvalue weighted by Gasteiger charge is 2.06. The number of aromatic nitrogens is 1. The second kappa shape index (κ2) is 7.69. The second-order valence-corrected chi connectivity index (χ2v) is 5.85. The highest BCUT2D eigenvalue weighted by Crippen LogP contribution is 2.29. The predicted octanol–water partition coefficient (Wildman–Crippen LogP) is 4.89. The predicted molar refractivity (Wildman–Crippen MR) is 99.7 cm³/mol. The number of hydrogen-bond donors (Lipinski definition) is 1. The number of nitriles is 1. The van der Waals surface area contributed by atoms with Gasteiger partial charge < -0.3 is 10.1 Å². The van der Waals surface area contributed by atoms with Gasteiger partial charge in [-0.2, -0.15) is 5.26 Å². The van der Waals surface area contributed by atoms with E-state index in [9.17, 15) is 0 Å². The minimum Gasteiger partial charge on any atom is -0.497 e. The molecule has 0 saturated heterocycles. The summed E-state index contributed by atoms with van der Waals surface area (Å²) in [7, 11) is 1.65. The smallest absolute Gasteiger partial charge is 0.126 e. The molecule has 0 fully saturated rings. The molecule has 0 amide bonds. The van der Waals surface area contributed by atoms with Gasteiger partial charge in [-0.3, -0.25) is 0 Å². The van der Waals surface area contributed by atoms with Crippen molar-refractivity contribution >= 4 is 17.4 Å². The van der Waals surface area contributed by atoms with Gasteiger partial charge in [0.1, 0.15) is 11.6 Å². The Labute approximate surface area is 151 Å². The number of nitrogens with zero attached hydrogens (tertiary/aromatic N) is 2. The van der Waals surface area contributed by atoms with E-state index in [-0.39, 0.29) is 0 Å². The van der Waals surface area contributed by atoms with Crippen LogP contribution in [0.1, 0.15) is 11.1 Å². The van der Waals surface area contributed by atoms with Gasteiger partial charge >= 0.3 is 0 Å². The number of pyridine rings is 1. The largest absolute Gasteiger partial charge is 0.497 e. The normalized spacial score (nSPS) is 10.1. The SMILES string of the molecule is COc1ccc(CNc2cc(-c3ccc(C#N)cc3Cl)ccn2)cc1. The second-order valence-electron chi connectivity index (χ2n) is 5.44. The summed E-state index contributed by atoms with van der Waals surface area (Å²) in [6, 6.07) is 19.1. The van der Waals surface area contributed by atoms with Crippen molar-refractivity contribution in [2.24, 2.45) is 0 Å². The summed E-state index contributed by atoms with van der Waals surface area (Å²) in [5, 5.41) is 12.8. The monoisotopic (exact) mass is 349 g/mol. The van der Waals surface area contributed by atoms with Crippen molar-refractivity contribution in [2.45, 2.75) is 6.54 Å². The quantitative estimate of drug-likeness (QED) is 0.712. The molecule has 5 heteroatoms. The number of benzene rings is 2. The van der Waals surface area contributed by atoms with E-state index in [2.05, 4.69) is 16.4 Å². The third-order valence-electron chi connectivity index (χ3n) is 3.80. The average molecular weight is 350 g/mol. The summed E-state index contributed by atoms with van der Waals surface area (Å²) < 4.78 is 5.16. The number of nitrogens with one attached hydrogen (secondary N) is 1. The van der Waals surface area contributed by atoms with Crippen molar-refractivity contribution in [2.75, 3.05) is 12.4 Å². The van der Waals surface area contributed by atoms with E-state index >= 15 is 0 Å². The number of rotatable bonds is 5. The van der Waals surface area contributed by atoms with Gasteiger partial charge in [0.05, 0.1) is 18.7 Å². The molecule has 0 bridgehead atoms. The lowest BCUT2D eigenvalue weighted by molar-refractivity contribution is 0.414. The number of anilines is 1. The maximum atomic E-state index is 8.94. The molecule has 1 aromatic heterocycles. The van der Waals surface area contributed by atoms with Crippen molar-refractivity contribution in [3.63, 3.8) is 0 Å². The van der Waals surface area contributed by atoms with Gasteiger partial charge in [-0.05, 0) is 47.5 Å². The molecule has 4 nitrogen and oxygen atoms in total. The van der Waals surface area contributed by atoms with E-state index in [0.717, 1.165) is 28.3 Å². The fourth-order valence-electron chi connectivity index (χ4n) is 2.45. The lowest BCUT2D eigenvalue weighted by Crippen LogP contribution is -2.01.